The number of carbonyl (C=O) groups is 1. The molecule has 1 fully saturated rings. The lowest BCUT2D eigenvalue weighted by Crippen LogP contribution is -2.38. The Morgan fingerprint density at radius 2 is 2.00 bits per heavy atom. The van der Waals surface area contributed by atoms with Gasteiger partial charge in [0, 0.05) is 24.4 Å². The van der Waals surface area contributed by atoms with Crippen LogP contribution in [0.4, 0.5) is 0 Å². The van der Waals surface area contributed by atoms with Crippen LogP contribution in [0.2, 0.25) is 0 Å². The third-order valence-electron chi connectivity index (χ3n) is 3.39. The summed E-state index contributed by atoms with van der Waals surface area (Å²) in [5.74, 6) is 0.236. The summed E-state index contributed by atoms with van der Waals surface area (Å²) in [6.45, 7) is 0. The Balaban J connectivity index is 1.77. The van der Waals surface area contributed by atoms with Crippen LogP contribution < -0.4 is 5.32 Å². The lowest BCUT2D eigenvalue weighted by atomic mass is 9.87. The topological polar surface area (TPSA) is 65.8 Å². The molecule has 1 amide bonds. The molecule has 94 valence electrons. The van der Waals surface area contributed by atoms with Gasteiger partial charge in [-0.25, -0.2) is 0 Å². The number of hydrogen-bond donors (Lipinski definition) is 1. The maximum absolute atomic E-state index is 11.8. The van der Waals surface area contributed by atoms with Crippen LogP contribution in [0.25, 0.3) is 0 Å². The van der Waals surface area contributed by atoms with Crippen LogP contribution in [0, 0.1) is 17.2 Å². The quantitative estimate of drug-likeness (QED) is 0.880. The number of aromatic nitrogens is 1. The Morgan fingerprint density at radius 1 is 1.33 bits per heavy atom. The molecular weight excluding hydrogens is 226 g/mol. The van der Waals surface area contributed by atoms with Crippen LogP contribution in [0.1, 0.15) is 31.2 Å². The summed E-state index contributed by atoms with van der Waals surface area (Å²) in [7, 11) is 0. The first-order chi connectivity index (χ1) is 8.78. The fraction of sp³-hybridized carbons (Fsp3) is 0.500. The Kier molecular flexibility index (Phi) is 4.30. The number of pyridine rings is 1. The molecule has 1 aliphatic rings. The van der Waals surface area contributed by atoms with Gasteiger partial charge >= 0.3 is 0 Å². The van der Waals surface area contributed by atoms with Crippen molar-refractivity contribution in [2.75, 3.05) is 0 Å². The summed E-state index contributed by atoms with van der Waals surface area (Å²) < 4.78 is 0. The molecule has 0 aliphatic heterocycles. The highest BCUT2D eigenvalue weighted by atomic mass is 16.1. The summed E-state index contributed by atoms with van der Waals surface area (Å²) in [6.07, 6.45) is 7.43. The summed E-state index contributed by atoms with van der Waals surface area (Å²) in [5, 5.41) is 11.9. The van der Waals surface area contributed by atoms with Gasteiger partial charge in [-0.2, -0.15) is 5.26 Å². The smallest absolute Gasteiger partial charge is 0.224 e. The van der Waals surface area contributed by atoms with E-state index in [1.807, 2.05) is 12.1 Å². The molecule has 0 atom stereocenters. The second-order valence-electron chi connectivity index (χ2n) is 4.78. The van der Waals surface area contributed by atoms with Gasteiger partial charge in [-0.15, -0.1) is 0 Å². The zero-order valence-corrected chi connectivity index (χ0v) is 10.3. The van der Waals surface area contributed by atoms with Crippen LogP contribution in [0.3, 0.4) is 0 Å². The van der Waals surface area contributed by atoms with Gasteiger partial charge in [0.25, 0.3) is 0 Å². The summed E-state index contributed by atoms with van der Waals surface area (Å²) in [4.78, 5) is 15.8. The maximum atomic E-state index is 11.8. The molecule has 1 N–H and O–H groups in total. The number of nitrogens with one attached hydrogen (secondary N) is 1. The molecule has 1 heterocycles. The number of nitrogens with zero attached hydrogens (tertiary/aromatic N) is 2. The highest BCUT2D eigenvalue weighted by Crippen LogP contribution is 2.23. The molecule has 18 heavy (non-hydrogen) atoms. The Morgan fingerprint density at radius 3 is 2.61 bits per heavy atom. The van der Waals surface area contributed by atoms with Crippen LogP contribution in [-0.4, -0.2) is 16.9 Å². The second kappa shape index (κ2) is 6.15. The average molecular weight is 243 g/mol. The van der Waals surface area contributed by atoms with Crippen molar-refractivity contribution in [1.29, 1.82) is 5.26 Å². The van der Waals surface area contributed by atoms with E-state index in [0.717, 1.165) is 31.2 Å². The minimum atomic E-state index is 0.0570. The van der Waals surface area contributed by atoms with Crippen LogP contribution in [-0.2, 0) is 11.2 Å². The summed E-state index contributed by atoms with van der Waals surface area (Å²) in [6, 6.07) is 6.24. The van der Waals surface area contributed by atoms with E-state index in [2.05, 4.69) is 16.4 Å². The van der Waals surface area contributed by atoms with E-state index in [0.29, 0.717) is 6.42 Å². The van der Waals surface area contributed by atoms with Gasteiger partial charge in [-0.3, -0.25) is 9.78 Å². The van der Waals surface area contributed by atoms with E-state index in [9.17, 15) is 4.79 Å². The fourth-order valence-electron chi connectivity index (χ4n) is 2.33. The molecule has 0 aromatic carbocycles. The van der Waals surface area contributed by atoms with Gasteiger partial charge in [0.2, 0.25) is 5.91 Å². The standard InChI is InChI=1S/C14H17N3O/c15-10-12-1-3-13(4-2-12)17-14(18)9-11-5-7-16-8-6-11/h5-8,12-13H,1-4,9H2,(H,17,18). The fourth-order valence-corrected chi connectivity index (χ4v) is 2.33. The number of carbonyl (C=O) groups excluding carboxylic acids is 1. The van der Waals surface area contributed by atoms with E-state index in [-0.39, 0.29) is 17.9 Å². The van der Waals surface area contributed by atoms with Crippen molar-refractivity contribution >= 4 is 5.91 Å². The molecule has 0 spiro atoms. The zero-order valence-electron chi connectivity index (χ0n) is 10.3. The SMILES string of the molecule is N#CC1CCC(NC(=O)Cc2ccncc2)CC1. The van der Waals surface area contributed by atoms with Crippen molar-refractivity contribution in [3.63, 3.8) is 0 Å². The van der Waals surface area contributed by atoms with Crippen LogP contribution in [0.15, 0.2) is 24.5 Å². The van der Waals surface area contributed by atoms with Crippen molar-refractivity contribution < 1.29 is 4.79 Å². The molecule has 2 rings (SSSR count). The lowest BCUT2D eigenvalue weighted by molar-refractivity contribution is -0.121. The molecule has 4 heteroatoms. The number of rotatable bonds is 3. The van der Waals surface area contributed by atoms with Gasteiger partial charge in [0.05, 0.1) is 12.5 Å². The molecule has 1 aromatic rings. The maximum Gasteiger partial charge on any atom is 0.224 e. The lowest BCUT2D eigenvalue weighted by Gasteiger charge is -2.25. The monoisotopic (exact) mass is 243 g/mol. The third kappa shape index (κ3) is 3.56. The zero-order chi connectivity index (χ0) is 12.8. The highest BCUT2D eigenvalue weighted by Gasteiger charge is 2.21. The first kappa shape index (κ1) is 12.6. The summed E-state index contributed by atoms with van der Waals surface area (Å²) in [5.41, 5.74) is 0.980. The molecule has 1 aliphatic carbocycles. The van der Waals surface area contributed by atoms with E-state index in [1.165, 1.54) is 0 Å². The van der Waals surface area contributed by atoms with E-state index in [4.69, 9.17) is 5.26 Å². The highest BCUT2D eigenvalue weighted by molar-refractivity contribution is 5.78. The van der Waals surface area contributed by atoms with Gasteiger partial charge in [-0.05, 0) is 43.4 Å². The largest absolute Gasteiger partial charge is 0.353 e. The normalized spacial score (nSPS) is 23.1. The van der Waals surface area contributed by atoms with Crippen molar-refractivity contribution in [2.45, 2.75) is 38.1 Å². The number of nitriles is 1. The average Bonchev–Trinajstić information content (AvgIpc) is 2.40. The van der Waals surface area contributed by atoms with Crippen molar-refractivity contribution in [3.05, 3.63) is 30.1 Å². The number of hydrogen-bond acceptors (Lipinski definition) is 3. The predicted octanol–water partition coefficient (Wildman–Crippen LogP) is 1.82. The third-order valence-corrected chi connectivity index (χ3v) is 3.39. The van der Waals surface area contributed by atoms with Crippen LogP contribution in [0.5, 0.6) is 0 Å². The number of amides is 1. The van der Waals surface area contributed by atoms with Crippen LogP contribution >= 0.6 is 0 Å². The van der Waals surface area contributed by atoms with Gasteiger partial charge in [0.1, 0.15) is 0 Å². The van der Waals surface area contributed by atoms with Gasteiger partial charge in [-0.1, -0.05) is 0 Å². The van der Waals surface area contributed by atoms with E-state index in [1.54, 1.807) is 12.4 Å². The van der Waals surface area contributed by atoms with E-state index >= 15 is 0 Å². The van der Waals surface area contributed by atoms with Gasteiger partial charge < -0.3 is 5.32 Å². The minimum Gasteiger partial charge on any atom is -0.353 e. The Labute approximate surface area is 107 Å². The molecule has 1 saturated carbocycles. The molecule has 0 unspecified atom stereocenters. The van der Waals surface area contributed by atoms with Gasteiger partial charge in [0.15, 0.2) is 0 Å². The van der Waals surface area contributed by atoms with Crippen molar-refractivity contribution in [3.8, 4) is 6.07 Å². The van der Waals surface area contributed by atoms with Crippen molar-refractivity contribution in [2.24, 2.45) is 5.92 Å². The van der Waals surface area contributed by atoms with Crippen molar-refractivity contribution in [1.82, 2.24) is 10.3 Å². The Hall–Kier alpha value is -1.89. The van der Waals surface area contributed by atoms with E-state index < -0.39 is 0 Å². The molecule has 0 bridgehead atoms. The summed E-state index contributed by atoms with van der Waals surface area (Å²) >= 11 is 0. The molecule has 0 saturated heterocycles. The Bertz CT molecular complexity index is 430. The first-order valence-electron chi connectivity index (χ1n) is 6.36. The molecule has 4 nitrogen and oxygen atoms in total. The predicted molar refractivity (Wildman–Crippen MR) is 67.4 cm³/mol. The molecule has 1 aromatic heterocycles. The minimum absolute atomic E-state index is 0.0570. The first-order valence-corrected chi connectivity index (χ1v) is 6.36. The molecular formula is C14H17N3O. The molecule has 0 radical (unpaired) electrons. The second-order valence-corrected chi connectivity index (χ2v) is 4.78.